The smallest absolute Gasteiger partial charge is 0.0696 e. The zero-order valence-electron chi connectivity index (χ0n) is 3.81. The summed E-state index contributed by atoms with van der Waals surface area (Å²) in [6, 6.07) is 0. The van der Waals surface area contributed by atoms with Crippen LogP contribution in [0.5, 0.6) is 0 Å². The molecule has 0 heterocycles. The molecular weight excluding hydrogens is 88.1 g/mol. The second kappa shape index (κ2) is 1.81. The number of aliphatic hydroxyl groups excluding tert-OH is 1. The number of hydrogen-bond donors (Lipinski definition) is 1. The third kappa shape index (κ3) is 0.819. The van der Waals surface area contributed by atoms with Crippen LogP contribution in [0.25, 0.3) is 0 Å². The van der Waals surface area contributed by atoms with E-state index in [0.29, 0.717) is 0 Å². The van der Waals surface area contributed by atoms with Gasteiger partial charge in [0.2, 0.25) is 0 Å². The van der Waals surface area contributed by atoms with Crippen LogP contribution in [0.1, 0.15) is 0 Å². The first-order chi connectivity index (χ1) is 3.43. The molecule has 0 aromatic heterocycles. The third-order valence-corrected chi connectivity index (χ3v) is 0.797. The molecule has 0 bridgehead atoms. The van der Waals surface area contributed by atoms with Gasteiger partial charge in [0.1, 0.15) is 0 Å². The van der Waals surface area contributed by atoms with Gasteiger partial charge in [0.05, 0.1) is 12.5 Å². The summed E-state index contributed by atoms with van der Waals surface area (Å²) in [5.41, 5.74) is 0. The summed E-state index contributed by atoms with van der Waals surface area (Å²) in [6.45, 7) is 0.101. The van der Waals surface area contributed by atoms with E-state index in [9.17, 15) is 0 Å². The van der Waals surface area contributed by atoms with Gasteiger partial charge < -0.3 is 5.11 Å². The predicted octanol–water partition coefficient (Wildman–Crippen LogP) is -0.0287. The van der Waals surface area contributed by atoms with Gasteiger partial charge in [-0.3, -0.25) is 0 Å². The van der Waals surface area contributed by atoms with Crippen LogP contribution in [0.3, 0.4) is 0 Å². The summed E-state index contributed by atoms with van der Waals surface area (Å²) in [6.07, 6.45) is 4.45. The molecule has 1 radical (unpaired) electrons. The van der Waals surface area contributed by atoms with Crippen molar-refractivity contribution in [3.05, 3.63) is 12.2 Å². The summed E-state index contributed by atoms with van der Waals surface area (Å²) in [7, 11) is 0. The maximum Gasteiger partial charge on any atom is 0.0696 e. The Kier molecular flexibility index (Phi) is 1.14. The fourth-order valence-electron chi connectivity index (χ4n) is 0.425. The standard InChI is InChI=1S/C6H5O/c7-5-6-3-1-2-4-6/h1,6-7H,5H2. The molecule has 1 aliphatic carbocycles. The quantitative estimate of drug-likeness (QED) is 0.451. The molecular formula is C6H5O. The van der Waals surface area contributed by atoms with E-state index in [0.717, 1.165) is 0 Å². The van der Waals surface area contributed by atoms with Gasteiger partial charge in [0.15, 0.2) is 0 Å². The van der Waals surface area contributed by atoms with Gasteiger partial charge >= 0.3 is 0 Å². The molecule has 1 nitrogen and oxygen atoms in total. The number of aliphatic hydroxyl groups is 1. The van der Waals surface area contributed by atoms with E-state index in [4.69, 9.17) is 5.11 Å². The van der Waals surface area contributed by atoms with Gasteiger partial charge in [-0.05, 0) is 12.2 Å². The van der Waals surface area contributed by atoms with Gasteiger partial charge in [0.25, 0.3) is 0 Å². The van der Waals surface area contributed by atoms with Gasteiger partial charge in [-0.25, -0.2) is 0 Å². The Balaban J connectivity index is 2.51. The van der Waals surface area contributed by atoms with Crippen molar-refractivity contribution in [1.82, 2.24) is 0 Å². The van der Waals surface area contributed by atoms with E-state index in [-0.39, 0.29) is 12.5 Å². The van der Waals surface area contributed by atoms with Crippen LogP contribution in [0.2, 0.25) is 0 Å². The maximum absolute atomic E-state index is 8.38. The molecule has 0 aromatic carbocycles. The molecule has 1 N–H and O–H groups in total. The summed E-state index contributed by atoms with van der Waals surface area (Å²) in [5, 5.41) is 8.38. The lowest BCUT2D eigenvalue weighted by atomic mass is 10.2. The lowest BCUT2D eigenvalue weighted by Gasteiger charge is -1.89. The zero-order chi connectivity index (χ0) is 5.11. The van der Waals surface area contributed by atoms with E-state index in [2.05, 4.69) is 17.9 Å². The molecule has 7 heavy (non-hydrogen) atoms. The topological polar surface area (TPSA) is 20.2 Å². The average molecular weight is 93.1 g/mol. The third-order valence-electron chi connectivity index (χ3n) is 0.797. The Hall–Kier alpha value is -0.740. The highest BCUT2D eigenvalue weighted by atomic mass is 16.3. The van der Waals surface area contributed by atoms with Crippen molar-refractivity contribution in [3.63, 3.8) is 0 Å². The van der Waals surface area contributed by atoms with Crippen molar-refractivity contribution in [3.8, 4) is 11.8 Å². The van der Waals surface area contributed by atoms with Crippen molar-refractivity contribution in [2.75, 3.05) is 6.61 Å². The van der Waals surface area contributed by atoms with Crippen LogP contribution >= 0.6 is 0 Å². The molecule has 1 unspecified atom stereocenters. The summed E-state index contributed by atoms with van der Waals surface area (Å²) in [5.74, 6) is 5.40. The molecule has 0 amide bonds. The monoisotopic (exact) mass is 93.0 g/mol. The fourth-order valence-corrected chi connectivity index (χ4v) is 0.425. The van der Waals surface area contributed by atoms with E-state index >= 15 is 0 Å². The SMILES string of the molecule is OCC1[C]=CC#C1. The minimum atomic E-state index is -0.0139. The summed E-state index contributed by atoms with van der Waals surface area (Å²) >= 11 is 0. The van der Waals surface area contributed by atoms with Crippen LogP contribution < -0.4 is 0 Å². The van der Waals surface area contributed by atoms with Crippen molar-refractivity contribution in [2.24, 2.45) is 5.92 Å². The van der Waals surface area contributed by atoms with Crippen LogP contribution in [0.15, 0.2) is 6.08 Å². The Bertz CT molecular complexity index is 136. The molecule has 1 atom stereocenters. The predicted molar refractivity (Wildman–Crippen MR) is 26.2 cm³/mol. The Morgan fingerprint density at radius 2 is 2.57 bits per heavy atom. The minimum Gasteiger partial charge on any atom is -0.395 e. The van der Waals surface area contributed by atoms with Crippen molar-refractivity contribution in [2.45, 2.75) is 0 Å². The molecule has 35 valence electrons. The van der Waals surface area contributed by atoms with Gasteiger partial charge in [0, 0.05) is 0 Å². The minimum absolute atomic E-state index is 0.0139. The molecule has 0 saturated carbocycles. The average Bonchev–Trinajstić information content (AvgIpc) is 2.14. The lowest BCUT2D eigenvalue weighted by Crippen LogP contribution is -1.95. The number of allylic oxidation sites excluding steroid dienone is 1. The first-order valence-electron chi connectivity index (χ1n) is 2.13. The first kappa shape index (κ1) is 4.42. The van der Waals surface area contributed by atoms with Crippen molar-refractivity contribution in [1.29, 1.82) is 0 Å². The van der Waals surface area contributed by atoms with Gasteiger partial charge in [-0.15, -0.1) is 0 Å². The maximum atomic E-state index is 8.38. The molecule has 1 heteroatoms. The van der Waals surface area contributed by atoms with Crippen LogP contribution in [-0.4, -0.2) is 11.7 Å². The highest BCUT2D eigenvalue weighted by Crippen LogP contribution is 1.97. The van der Waals surface area contributed by atoms with E-state index in [1.807, 2.05) is 0 Å². The van der Waals surface area contributed by atoms with E-state index in [1.54, 1.807) is 6.08 Å². The molecule has 0 saturated heterocycles. The molecule has 1 aliphatic rings. The first-order valence-corrected chi connectivity index (χ1v) is 2.13. The Labute approximate surface area is 42.7 Å². The Morgan fingerprint density at radius 3 is 2.86 bits per heavy atom. The summed E-state index contributed by atoms with van der Waals surface area (Å²) < 4.78 is 0. The highest BCUT2D eigenvalue weighted by molar-refractivity contribution is 5.24. The lowest BCUT2D eigenvalue weighted by molar-refractivity contribution is 0.275. The molecule has 0 spiro atoms. The number of rotatable bonds is 1. The zero-order valence-corrected chi connectivity index (χ0v) is 3.81. The normalized spacial score (nSPS) is 24.4. The summed E-state index contributed by atoms with van der Waals surface area (Å²) in [4.78, 5) is 0. The van der Waals surface area contributed by atoms with Crippen molar-refractivity contribution >= 4 is 0 Å². The Morgan fingerprint density at radius 1 is 1.71 bits per heavy atom. The molecule has 0 aliphatic heterocycles. The van der Waals surface area contributed by atoms with Crippen LogP contribution in [0.4, 0.5) is 0 Å². The van der Waals surface area contributed by atoms with E-state index < -0.39 is 0 Å². The van der Waals surface area contributed by atoms with E-state index in [1.165, 1.54) is 0 Å². The van der Waals surface area contributed by atoms with Gasteiger partial charge in [-0.1, -0.05) is 11.8 Å². The second-order valence-electron chi connectivity index (χ2n) is 1.33. The fraction of sp³-hybridized carbons (Fsp3) is 0.333. The molecule has 0 fully saturated rings. The largest absolute Gasteiger partial charge is 0.395 e. The van der Waals surface area contributed by atoms with Crippen LogP contribution in [-0.2, 0) is 0 Å². The van der Waals surface area contributed by atoms with Gasteiger partial charge in [-0.2, -0.15) is 0 Å². The molecule has 1 rings (SSSR count). The highest BCUT2D eigenvalue weighted by Gasteiger charge is 1.98. The number of hydrogen-bond acceptors (Lipinski definition) is 1. The van der Waals surface area contributed by atoms with Crippen LogP contribution in [0, 0.1) is 23.8 Å². The molecule has 0 aromatic rings. The van der Waals surface area contributed by atoms with Crippen molar-refractivity contribution < 1.29 is 5.11 Å². The second-order valence-corrected chi connectivity index (χ2v) is 1.33.